The first-order valence-corrected chi connectivity index (χ1v) is 3.45. The van der Waals surface area contributed by atoms with Gasteiger partial charge in [0.15, 0.2) is 0 Å². The Morgan fingerprint density at radius 2 is 1.79 bits per heavy atom. The first kappa shape index (κ1) is 14.2. The van der Waals surface area contributed by atoms with Crippen molar-refractivity contribution in [3.8, 4) is 11.7 Å². The van der Waals surface area contributed by atoms with Crippen LogP contribution in [-0.2, 0) is 0 Å². The summed E-state index contributed by atoms with van der Waals surface area (Å²) in [7, 11) is 0. The van der Waals surface area contributed by atoms with Crippen LogP contribution < -0.4 is 51.4 Å². The molecule has 14 heavy (non-hydrogen) atoms. The quantitative estimate of drug-likeness (QED) is 0.320. The van der Waals surface area contributed by atoms with E-state index in [-0.39, 0.29) is 56.9 Å². The summed E-state index contributed by atoms with van der Waals surface area (Å²) >= 11 is 0. The molecule has 0 spiro atoms. The minimum Gasteiger partial charge on any atom is -0.438 e. The molecule has 0 fully saturated rings. The minimum absolute atomic E-state index is 0. The molecule has 0 unspecified atom stereocenters. The van der Waals surface area contributed by atoms with Gasteiger partial charge in [0.2, 0.25) is 0 Å². The third-order valence-electron chi connectivity index (χ3n) is 1.20. The fourth-order valence-corrected chi connectivity index (χ4v) is 0.731. The number of hydrogen-bond acceptors (Lipinski definition) is 0. The van der Waals surface area contributed by atoms with E-state index >= 15 is 0 Å². The molecule has 1 rings (SSSR count). The van der Waals surface area contributed by atoms with Gasteiger partial charge in [-0.25, -0.2) is 4.39 Å². The van der Waals surface area contributed by atoms with Crippen LogP contribution in [0, 0.1) is 17.6 Å². The fraction of sp³-hybridized carbons (Fsp3) is 0. The zero-order chi connectivity index (χ0) is 9.90. The molecule has 0 amide bonds. The monoisotopic (exact) mass is 226 g/mol. The van der Waals surface area contributed by atoms with Gasteiger partial charge in [0.1, 0.15) is 5.82 Å². The zero-order valence-corrected chi connectivity index (χ0v) is 10.5. The minimum atomic E-state index is -5.12. The topological polar surface area (TPSA) is 0 Å². The normalized spacial score (nSPS) is 9.71. The van der Waals surface area contributed by atoms with Gasteiger partial charge in [-0.15, -0.1) is 5.92 Å². The molecule has 0 N–H and O–H groups in total. The molecule has 0 nitrogen and oxygen atoms in total. The maximum atomic E-state index is 12.4. The number of benzene rings is 1. The van der Waals surface area contributed by atoms with Crippen LogP contribution in [0.1, 0.15) is 5.56 Å². The Labute approximate surface area is 122 Å². The van der Waals surface area contributed by atoms with Crippen molar-refractivity contribution >= 4 is 6.98 Å². The van der Waals surface area contributed by atoms with E-state index in [1.807, 2.05) is 5.92 Å². The average Bonchev–Trinajstić information content (AvgIpc) is 2.00. The van der Waals surface area contributed by atoms with Gasteiger partial charge in [0, 0.05) is 5.56 Å². The van der Waals surface area contributed by atoms with Crippen LogP contribution in [-0.4, -0.2) is 6.98 Å². The van der Waals surface area contributed by atoms with Crippen molar-refractivity contribution in [2.24, 2.45) is 0 Å². The number of halogens is 4. The summed E-state index contributed by atoms with van der Waals surface area (Å²) < 4.78 is 47.4. The summed E-state index contributed by atoms with van der Waals surface area (Å²) in [6.45, 7) is -5.12. The molecule has 1 aromatic rings. The Morgan fingerprint density at radius 3 is 2.29 bits per heavy atom. The summed E-state index contributed by atoms with van der Waals surface area (Å²) in [6.07, 6.45) is 0. The molecule has 68 valence electrons. The fourth-order valence-electron chi connectivity index (χ4n) is 0.731. The first-order valence-electron chi connectivity index (χ1n) is 3.45. The molecule has 1 aromatic carbocycles. The van der Waals surface area contributed by atoms with Crippen LogP contribution >= 0.6 is 0 Å². The molecular formula is C8H4BF4K. The largest absolute Gasteiger partial charge is 1.00 e. The second kappa shape index (κ2) is 5.93. The van der Waals surface area contributed by atoms with E-state index in [1.54, 1.807) is 0 Å². The molecule has 0 radical (unpaired) electrons. The van der Waals surface area contributed by atoms with Gasteiger partial charge in [-0.05, 0) is 18.2 Å². The maximum absolute atomic E-state index is 12.4. The smallest absolute Gasteiger partial charge is 0.438 e. The van der Waals surface area contributed by atoms with Crippen molar-refractivity contribution < 1.29 is 68.7 Å². The van der Waals surface area contributed by atoms with Crippen LogP contribution in [0.15, 0.2) is 24.3 Å². The standard InChI is InChI=1S/C8H4BF4.K/c10-8-3-1-2-7(6-8)4-5-9(11,12)13;/h1-3,6H;/q-1;+1. The second-order valence-electron chi connectivity index (χ2n) is 2.35. The van der Waals surface area contributed by atoms with Gasteiger partial charge in [-0.3, -0.25) is 0 Å². The molecular weight excluding hydrogens is 222 g/mol. The van der Waals surface area contributed by atoms with Crippen LogP contribution in [0.3, 0.4) is 0 Å². The Bertz CT molecular complexity index is 364. The van der Waals surface area contributed by atoms with Crippen molar-refractivity contribution in [1.29, 1.82) is 0 Å². The van der Waals surface area contributed by atoms with E-state index in [9.17, 15) is 17.3 Å². The Kier molecular flexibility index (Phi) is 6.02. The van der Waals surface area contributed by atoms with Crippen LogP contribution in [0.2, 0.25) is 0 Å². The molecule has 0 atom stereocenters. The average molecular weight is 226 g/mol. The van der Waals surface area contributed by atoms with Crippen molar-refractivity contribution in [3.63, 3.8) is 0 Å². The van der Waals surface area contributed by atoms with E-state index in [0.29, 0.717) is 0 Å². The van der Waals surface area contributed by atoms with E-state index in [2.05, 4.69) is 0 Å². The molecule has 0 saturated heterocycles. The molecule has 0 aliphatic carbocycles. The van der Waals surface area contributed by atoms with Crippen LogP contribution in [0.5, 0.6) is 0 Å². The molecule has 0 aliphatic heterocycles. The van der Waals surface area contributed by atoms with Crippen molar-refractivity contribution in [1.82, 2.24) is 0 Å². The van der Waals surface area contributed by atoms with Crippen molar-refractivity contribution in [2.75, 3.05) is 0 Å². The molecule has 0 heterocycles. The predicted molar refractivity (Wildman–Crippen MR) is 42.4 cm³/mol. The zero-order valence-electron chi connectivity index (χ0n) is 7.40. The molecule has 0 bridgehead atoms. The SMILES string of the molecule is Fc1cccc(C#C[B-](F)(F)F)c1.[K+]. The summed E-state index contributed by atoms with van der Waals surface area (Å²) in [5.41, 5.74) is 0.0270. The van der Waals surface area contributed by atoms with E-state index in [1.165, 1.54) is 12.1 Å². The van der Waals surface area contributed by atoms with Crippen molar-refractivity contribution in [3.05, 3.63) is 35.6 Å². The third kappa shape index (κ3) is 5.83. The van der Waals surface area contributed by atoms with Gasteiger partial charge in [-0.2, -0.15) is 5.82 Å². The number of rotatable bonds is 0. The summed E-state index contributed by atoms with van der Waals surface area (Å²) in [4.78, 5) is 0. The van der Waals surface area contributed by atoms with Crippen molar-refractivity contribution in [2.45, 2.75) is 0 Å². The van der Waals surface area contributed by atoms with E-state index in [0.717, 1.165) is 18.0 Å². The molecule has 0 saturated carbocycles. The van der Waals surface area contributed by atoms with Gasteiger partial charge < -0.3 is 12.9 Å². The molecule has 6 heteroatoms. The molecule has 0 aromatic heterocycles. The molecule has 0 aliphatic rings. The summed E-state index contributed by atoms with van der Waals surface area (Å²) in [5.74, 6) is 2.35. The Morgan fingerprint density at radius 1 is 1.14 bits per heavy atom. The second-order valence-corrected chi connectivity index (χ2v) is 2.35. The summed E-state index contributed by atoms with van der Waals surface area (Å²) in [5, 5.41) is 0. The van der Waals surface area contributed by atoms with Gasteiger partial charge in [0.05, 0.1) is 0 Å². The summed E-state index contributed by atoms with van der Waals surface area (Å²) in [6, 6.07) is 4.72. The van der Waals surface area contributed by atoms with Crippen LogP contribution in [0.25, 0.3) is 0 Å². The third-order valence-corrected chi connectivity index (χ3v) is 1.20. The predicted octanol–water partition coefficient (Wildman–Crippen LogP) is -0.432. The Balaban J connectivity index is 0.00000169. The Hall–Kier alpha value is 0.201. The van der Waals surface area contributed by atoms with Gasteiger partial charge in [-0.1, -0.05) is 6.07 Å². The van der Waals surface area contributed by atoms with E-state index < -0.39 is 12.8 Å². The first-order chi connectivity index (χ1) is 5.97. The van der Waals surface area contributed by atoms with E-state index in [4.69, 9.17) is 0 Å². The number of hydrogen-bond donors (Lipinski definition) is 0. The maximum Gasteiger partial charge on any atom is 1.00 e. The van der Waals surface area contributed by atoms with Gasteiger partial charge in [0.25, 0.3) is 0 Å². The van der Waals surface area contributed by atoms with Gasteiger partial charge >= 0.3 is 58.4 Å². The van der Waals surface area contributed by atoms with Crippen LogP contribution in [0.4, 0.5) is 17.3 Å².